The highest BCUT2D eigenvalue weighted by molar-refractivity contribution is 6.30. The predicted molar refractivity (Wildman–Crippen MR) is 74.0 cm³/mol. The summed E-state index contributed by atoms with van der Waals surface area (Å²) in [6.45, 7) is 3.39. The first-order chi connectivity index (χ1) is 9.31. The molecule has 0 bridgehead atoms. The second kappa shape index (κ2) is 5.74. The molecule has 2 heterocycles. The summed E-state index contributed by atoms with van der Waals surface area (Å²) < 4.78 is 5.84. The smallest absolute Gasteiger partial charge is 0.120 e. The molecule has 100 valence electrons. The number of aromatic amines is 1. The molecule has 1 unspecified atom stereocenters. The van der Waals surface area contributed by atoms with Gasteiger partial charge in [-0.1, -0.05) is 23.7 Å². The van der Waals surface area contributed by atoms with E-state index in [0.29, 0.717) is 0 Å². The Morgan fingerprint density at radius 2 is 2.21 bits per heavy atom. The Kier molecular flexibility index (Phi) is 3.82. The lowest BCUT2D eigenvalue weighted by atomic mass is 10.1. The van der Waals surface area contributed by atoms with Crippen LogP contribution in [-0.2, 0) is 11.3 Å². The molecule has 4 nitrogen and oxygen atoms in total. The molecule has 1 aromatic heterocycles. The number of morpholine rings is 1. The second-order valence-corrected chi connectivity index (χ2v) is 5.12. The summed E-state index contributed by atoms with van der Waals surface area (Å²) in [5.41, 5.74) is 1.17. The Labute approximate surface area is 117 Å². The monoisotopic (exact) mass is 277 g/mol. The summed E-state index contributed by atoms with van der Waals surface area (Å²) in [6.07, 6.45) is 3.75. The Hall–Kier alpha value is -1.36. The van der Waals surface area contributed by atoms with Gasteiger partial charge in [-0.05, 0) is 17.7 Å². The largest absolute Gasteiger partial charge is 0.371 e. The topological polar surface area (TPSA) is 41.2 Å². The standard InChI is InChI=1S/C14H16ClN3O/c15-12-3-1-11(2-4-12)13-9-18(7-8-19-13)10-14-16-5-6-17-14/h1-6,13H,7-10H2,(H,16,17). The van der Waals surface area contributed by atoms with Crippen molar-refractivity contribution >= 4 is 11.6 Å². The van der Waals surface area contributed by atoms with Crippen LogP contribution in [0.15, 0.2) is 36.7 Å². The number of H-pyrrole nitrogens is 1. The van der Waals surface area contributed by atoms with E-state index in [1.807, 2.05) is 30.5 Å². The third kappa shape index (κ3) is 3.15. The first-order valence-corrected chi connectivity index (χ1v) is 6.77. The van der Waals surface area contributed by atoms with E-state index in [1.165, 1.54) is 5.56 Å². The Morgan fingerprint density at radius 3 is 2.95 bits per heavy atom. The molecule has 2 aromatic rings. The molecule has 1 aliphatic rings. The normalized spacial score (nSPS) is 20.6. The quantitative estimate of drug-likeness (QED) is 0.938. The van der Waals surface area contributed by atoms with Crippen LogP contribution in [0.25, 0.3) is 0 Å². The van der Waals surface area contributed by atoms with Crippen LogP contribution in [0.2, 0.25) is 5.02 Å². The lowest BCUT2D eigenvalue weighted by Crippen LogP contribution is -2.38. The van der Waals surface area contributed by atoms with E-state index >= 15 is 0 Å². The van der Waals surface area contributed by atoms with Gasteiger partial charge in [0, 0.05) is 30.5 Å². The molecule has 3 rings (SSSR count). The Morgan fingerprint density at radius 1 is 1.37 bits per heavy atom. The van der Waals surface area contributed by atoms with Gasteiger partial charge >= 0.3 is 0 Å². The minimum Gasteiger partial charge on any atom is -0.371 e. The molecule has 1 aliphatic heterocycles. The summed E-state index contributed by atoms with van der Waals surface area (Å²) in [5, 5.41) is 0.756. The van der Waals surface area contributed by atoms with Crippen molar-refractivity contribution in [1.82, 2.24) is 14.9 Å². The highest BCUT2D eigenvalue weighted by atomic mass is 35.5. The van der Waals surface area contributed by atoms with Crippen molar-refractivity contribution in [2.75, 3.05) is 19.7 Å². The van der Waals surface area contributed by atoms with Gasteiger partial charge in [-0.25, -0.2) is 4.98 Å². The van der Waals surface area contributed by atoms with Crippen molar-refractivity contribution in [3.8, 4) is 0 Å². The van der Waals surface area contributed by atoms with E-state index in [2.05, 4.69) is 14.9 Å². The van der Waals surface area contributed by atoms with Crippen LogP contribution in [0.3, 0.4) is 0 Å². The summed E-state index contributed by atoms with van der Waals surface area (Å²) in [7, 11) is 0. The van der Waals surface area contributed by atoms with Crippen molar-refractivity contribution in [2.45, 2.75) is 12.6 Å². The van der Waals surface area contributed by atoms with Crippen LogP contribution >= 0.6 is 11.6 Å². The zero-order valence-corrected chi connectivity index (χ0v) is 11.3. The van der Waals surface area contributed by atoms with Gasteiger partial charge in [0.1, 0.15) is 5.82 Å². The zero-order valence-electron chi connectivity index (χ0n) is 10.6. The van der Waals surface area contributed by atoms with E-state index in [9.17, 15) is 0 Å². The second-order valence-electron chi connectivity index (χ2n) is 4.68. The van der Waals surface area contributed by atoms with E-state index in [0.717, 1.165) is 37.1 Å². The lowest BCUT2D eigenvalue weighted by Gasteiger charge is -2.32. The van der Waals surface area contributed by atoms with Crippen LogP contribution in [0.1, 0.15) is 17.5 Å². The van der Waals surface area contributed by atoms with E-state index in [4.69, 9.17) is 16.3 Å². The highest BCUT2D eigenvalue weighted by Crippen LogP contribution is 2.24. The number of imidazole rings is 1. The zero-order chi connectivity index (χ0) is 13.1. The first-order valence-electron chi connectivity index (χ1n) is 6.39. The van der Waals surface area contributed by atoms with Crippen LogP contribution < -0.4 is 0 Å². The molecule has 1 aromatic carbocycles. The van der Waals surface area contributed by atoms with Gasteiger partial charge in [0.25, 0.3) is 0 Å². The molecule has 0 amide bonds. The van der Waals surface area contributed by atoms with Crippen molar-refractivity contribution < 1.29 is 4.74 Å². The summed E-state index contributed by atoms with van der Waals surface area (Å²) in [6, 6.07) is 7.88. The van der Waals surface area contributed by atoms with Gasteiger partial charge in [0.05, 0.1) is 19.3 Å². The minimum absolute atomic E-state index is 0.112. The van der Waals surface area contributed by atoms with E-state index < -0.39 is 0 Å². The molecule has 1 saturated heterocycles. The molecular formula is C14H16ClN3O. The van der Waals surface area contributed by atoms with Gasteiger partial charge in [-0.15, -0.1) is 0 Å². The average molecular weight is 278 g/mol. The first kappa shape index (κ1) is 12.7. The maximum absolute atomic E-state index is 5.91. The highest BCUT2D eigenvalue weighted by Gasteiger charge is 2.22. The van der Waals surface area contributed by atoms with Crippen molar-refractivity contribution in [2.24, 2.45) is 0 Å². The number of halogens is 1. The number of benzene rings is 1. The van der Waals surface area contributed by atoms with Gasteiger partial charge in [0.2, 0.25) is 0 Å². The maximum atomic E-state index is 5.91. The van der Waals surface area contributed by atoms with Crippen molar-refractivity contribution in [3.63, 3.8) is 0 Å². The van der Waals surface area contributed by atoms with E-state index in [1.54, 1.807) is 6.20 Å². The molecule has 0 saturated carbocycles. The number of ether oxygens (including phenoxy) is 1. The molecular weight excluding hydrogens is 262 g/mol. The molecule has 0 radical (unpaired) electrons. The number of nitrogens with zero attached hydrogens (tertiary/aromatic N) is 2. The number of rotatable bonds is 3. The maximum Gasteiger partial charge on any atom is 0.120 e. The fourth-order valence-corrected chi connectivity index (χ4v) is 2.45. The third-order valence-electron chi connectivity index (χ3n) is 3.32. The molecule has 0 aliphatic carbocycles. The number of aromatic nitrogens is 2. The number of hydrogen-bond donors (Lipinski definition) is 1. The summed E-state index contributed by atoms with van der Waals surface area (Å²) in [5.74, 6) is 0.997. The molecule has 1 atom stereocenters. The number of nitrogens with one attached hydrogen (secondary N) is 1. The van der Waals surface area contributed by atoms with Gasteiger partial charge in [-0.3, -0.25) is 4.90 Å². The number of hydrogen-bond acceptors (Lipinski definition) is 3. The van der Waals surface area contributed by atoms with Crippen LogP contribution in [0, 0.1) is 0 Å². The van der Waals surface area contributed by atoms with Gasteiger partial charge < -0.3 is 9.72 Å². The molecule has 0 spiro atoms. The molecule has 1 fully saturated rings. The Bertz CT molecular complexity index is 512. The van der Waals surface area contributed by atoms with Crippen LogP contribution in [0.5, 0.6) is 0 Å². The summed E-state index contributed by atoms with van der Waals surface area (Å²) in [4.78, 5) is 9.75. The fraction of sp³-hybridized carbons (Fsp3) is 0.357. The predicted octanol–water partition coefficient (Wildman–Crippen LogP) is 2.64. The minimum atomic E-state index is 0.112. The summed E-state index contributed by atoms with van der Waals surface area (Å²) >= 11 is 5.91. The fourth-order valence-electron chi connectivity index (χ4n) is 2.32. The van der Waals surface area contributed by atoms with Crippen LogP contribution in [0.4, 0.5) is 0 Å². The van der Waals surface area contributed by atoms with E-state index in [-0.39, 0.29) is 6.10 Å². The Balaban J connectivity index is 1.66. The average Bonchev–Trinajstić information content (AvgIpc) is 2.93. The molecule has 5 heteroatoms. The molecule has 19 heavy (non-hydrogen) atoms. The van der Waals surface area contributed by atoms with Crippen LogP contribution in [-0.4, -0.2) is 34.6 Å². The van der Waals surface area contributed by atoms with Gasteiger partial charge in [0.15, 0.2) is 0 Å². The lowest BCUT2D eigenvalue weighted by molar-refractivity contribution is -0.0336. The van der Waals surface area contributed by atoms with Crippen molar-refractivity contribution in [1.29, 1.82) is 0 Å². The van der Waals surface area contributed by atoms with Gasteiger partial charge in [-0.2, -0.15) is 0 Å². The van der Waals surface area contributed by atoms with Crippen molar-refractivity contribution in [3.05, 3.63) is 53.1 Å². The molecule has 1 N–H and O–H groups in total. The SMILES string of the molecule is Clc1ccc(C2CN(Cc3ncc[nH]3)CCO2)cc1. The third-order valence-corrected chi connectivity index (χ3v) is 3.57.